The molecule has 0 unspecified atom stereocenters. The third-order valence-electron chi connectivity index (χ3n) is 4.49. The van der Waals surface area contributed by atoms with E-state index in [4.69, 9.17) is 4.74 Å². The van der Waals surface area contributed by atoms with Crippen LogP contribution >= 0.6 is 0 Å². The van der Waals surface area contributed by atoms with Gasteiger partial charge in [0.05, 0.1) is 6.61 Å². The SMILES string of the molecule is Cc1ccccc1OCCCNC(=O)N1CCN(c2ccccn2)CC1. The Labute approximate surface area is 154 Å². The number of piperazine rings is 1. The highest BCUT2D eigenvalue weighted by Gasteiger charge is 2.21. The van der Waals surface area contributed by atoms with Gasteiger partial charge in [0, 0.05) is 38.9 Å². The number of amides is 2. The molecule has 1 fully saturated rings. The molecule has 1 aliphatic heterocycles. The molecule has 0 bridgehead atoms. The Morgan fingerprint density at radius 1 is 1.12 bits per heavy atom. The van der Waals surface area contributed by atoms with Gasteiger partial charge in [-0.05, 0) is 37.1 Å². The predicted molar refractivity (Wildman–Crippen MR) is 103 cm³/mol. The second-order valence-electron chi connectivity index (χ2n) is 6.36. The van der Waals surface area contributed by atoms with Crippen molar-refractivity contribution in [3.8, 4) is 5.75 Å². The van der Waals surface area contributed by atoms with E-state index in [0.717, 1.165) is 36.6 Å². The minimum absolute atomic E-state index is 0.00145. The molecule has 2 aromatic rings. The molecule has 3 rings (SSSR count). The predicted octanol–water partition coefficient (Wildman–Crippen LogP) is 2.69. The summed E-state index contributed by atoms with van der Waals surface area (Å²) >= 11 is 0. The average Bonchev–Trinajstić information content (AvgIpc) is 2.70. The maximum absolute atomic E-state index is 12.3. The Morgan fingerprint density at radius 2 is 1.88 bits per heavy atom. The molecular weight excluding hydrogens is 328 g/mol. The number of anilines is 1. The first-order chi connectivity index (χ1) is 12.7. The number of urea groups is 1. The van der Waals surface area contributed by atoms with Gasteiger partial charge in [-0.25, -0.2) is 9.78 Å². The molecule has 0 spiro atoms. The number of carbonyl (C=O) groups is 1. The van der Waals surface area contributed by atoms with Gasteiger partial charge < -0.3 is 19.9 Å². The van der Waals surface area contributed by atoms with Crippen LogP contribution in [0.3, 0.4) is 0 Å². The van der Waals surface area contributed by atoms with Gasteiger partial charge in [-0.1, -0.05) is 24.3 Å². The van der Waals surface area contributed by atoms with Crippen LogP contribution in [0.15, 0.2) is 48.7 Å². The van der Waals surface area contributed by atoms with Crippen molar-refractivity contribution in [1.82, 2.24) is 15.2 Å². The topological polar surface area (TPSA) is 57.7 Å². The van der Waals surface area contributed by atoms with E-state index in [1.807, 2.05) is 54.3 Å². The summed E-state index contributed by atoms with van der Waals surface area (Å²) in [5.41, 5.74) is 1.13. The lowest BCUT2D eigenvalue weighted by Gasteiger charge is -2.35. The van der Waals surface area contributed by atoms with Crippen molar-refractivity contribution in [1.29, 1.82) is 0 Å². The van der Waals surface area contributed by atoms with Gasteiger partial charge in [-0.2, -0.15) is 0 Å². The molecule has 26 heavy (non-hydrogen) atoms. The van der Waals surface area contributed by atoms with Gasteiger partial charge in [-0.15, -0.1) is 0 Å². The summed E-state index contributed by atoms with van der Waals surface area (Å²) in [5.74, 6) is 1.88. The fraction of sp³-hybridized carbons (Fsp3) is 0.400. The molecule has 0 atom stereocenters. The zero-order chi connectivity index (χ0) is 18.2. The first kappa shape index (κ1) is 18.0. The van der Waals surface area contributed by atoms with Crippen LogP contribution < -0.4 is 15.0 Å². The molecule has 0 saturated carbocycles. The molecule has 0 aliphatic carbocycles. The van der Waals surface area contributed by atoms with Crippen molar-refractivity contribution >= 4 is 11.8 Å². The summed E-state index contributed by atoms with van der Waals surface area (Å²) in [7, 11) is 0. The van der Waals surface area contributed by atoms with Crippen LogP contribution in [0.2, 0.25) is 0 Å². The Kier molecular flexibility index (Phi) is 6.30. The van der Waals surface area contributed by atoms with Crippen LogP contribution in [-0.2, 0) is 0 Å². The van der Waals surface area contributed by atoms with Crippen LogP contribution in [-0.4, -0.2) is 55.2 Å². The van der Waals surface area contributed by atoms with E-state index in [-0.39, 0.29) is 6.03 Å². The van der Waals surface area contributed by atoms with Crippen molar-refractivity contribution in [2.45, 2.75) is 13.3 Å². The lowest BCUT2D eigenvalue weighted by molar-refractivity contribution is 0.193. The van der Waals surface area contributed by atoms with E-state index in [0.29, 0.717) is 26.2 Å². The molecule has 1 aromatic heterocycles. The van der Waals surface area contributed by atoms with Crippen LogP contribution in [0.4, 0.5) is 10.6 Å². The highest BCUT2D eigenvalue weighted by molar-refractivity contribution is 5.74. The molecule has 1 saturated heterocycles. The summed E-state index contributed by atoms with van der Waals surface area (Å²) in [6.45, 7) is 6.28. The Balaban J connectivity index is 1.33. The van der Waals surface area contributed by atoms with Crippen molar-refractivity contribution in [3.05, 3.63) is 54.2 Å². The van der Waals surface area contributed by atoms with Crippen LogP contribution in [0.25, 0.3) is 0 Å². The van der Waals surface area contributed by atoms with Gasteiger partial charge in [0.1, 0.15) is 11.6 Å². The minimum Gasteiger partial charge on any atom is -0.493 e. The zero-order valence-corrected chi connectivity index (χ0v) is 15.2. The molecule has 1 aromatic carbocycles. The number of carbonyl (C=O) groups excluding carboxylic acids is 1. The third kappa shape index (κ3) is 4.88. The number of rotatable bonds is 6. The van der Waals surface area contributed by atoms with Crippen molar-refractivity contribution < 1.29 is 9.53 Å². The summed E-state index contributed by atoms with van der Waals surface area (Å²) in [5, 5.41) is 2.98. The van der Waals surface area contributed by atoms with E-state index < -0.39 is 0 Å². The first-order valence-electron chi connectivity index (χ1n) is 9.11. The average molecular weight is 354 g/mol. The van der Waals surface area contributed by atoms with Gasteiger partial charge in [-0.3, -0.25) is 0 Å². The van der Waals surface area contributed by atoms with Crippen LogP contribution in [0.1, 0.15) is 12.0 Å². The van der Waals surface area contributed by atoms with E-state index in [1.165, 1.54) is 0 Å². The number of benzene rings is 1. The second kappa shape index (κ2) is 9.08. The molecule has 6 nitrogen and oxygen atoms in total. The molecule has 2 heterocycles. The van der Waals surface area contributed by atoms with Gasteiger partial charge >= 0.3 is 6.03 Å². The number of pyridine rings is 1. The fourth-order valence-corrected chi connectivity index (χ4v) is 2.96. The molecule has 1 aliphatic rings. The number of ether oxygens (including phenoxy) is 1. The molecule has 2 amide bonds. The number of para-hydroxylation sites is 1. The largest absolute Gasteiger partial charge is 0.493 e. The summed E-state index contributed by atoms with van der Waals surface area (Å²) in [6, 6.07) is 13.9. The monoisotopic (exact) mass is 354 g/mol. The number of hydrogen-bond donors (Lipinski definition) is 1. The van der Waals surface area contributed by atoms with Gasteiger partial charge in [0.25, 0.3) is 0 Å². The number of nitrogens with zero attached hydrogens (tertiary/aromatic N) is 3. The number of aryl methyl sites for hydroxylation is 1. The summed E-state index contributed by atoms with van der Waals surface area (Å²) in [6.07, 6.45) is 2.58. The number of aromatic nitrogens is 1. The van der Waals surface area contributed by atoms with E-state index in [1.54, 1.807) is 6.20 Å². The quantitative estimate of drug-likeness (QED) is 0.811. The number of nitrogens with one attached hydrogen (secondary N) is 1. The normalized spacial score (nSPS) is 14.2. The number of hydrogen-bond acceptors (Lipinski definition) is 4. The van der Waals surface area contributed by atoms with E-state index in [2.05, 4.69) is 15.2 Å². The van der Waals surface area contributed by atoms with Gasteiger partial charge in [0.2, 0.25) is 0 Å². The van der Waals surface area contributed by atoms with Crippen molar-refractivity contribution in [2.75, 3.05) is 44.2 Å². The molecule has 1 N–H and O–H groups in total. The first-order valence-corrected chi connectivity index (χ1v) is 9.11. The Bertz CT molecular complexity index is 700. The van der Waals surface area contributed by atoms with E-state index in [9.17, 15) is 4.79 Å². The van der Waals surface area contributed by atoms with Crippen LogP contribution in [0, 0.1) is 6.92 Å². The second-order valence-corrected chi connectivity index (χ2v) is 6.36. The summed E-state index contributed by atoms with van der Waals surface area (Å²) < 4.78 is 5.75. The van der Waals surface area contributed by atoms with Crippen molar-refractivity contribution in [2.24, 2.45) is 0 Å². The third-order valence-corrected chi connectivity index (χ3v) is 4.49. The lowest BCUT2D eigenvalue weighted by atomic mass is 10.2. The molecule has 6 heteroatoms. The molecule has 138 valence electrons. The molecular formula is C20H26N4O2. The van der Waals surface area contributed by atoms with Crippen LogP contribution in [0.5, 0.6) is 5.75 Å². The Morgan fingerprint density at radius 3 is 2.62 bits per heavy atom. The minimum atomic E-state index is 0.00145. The fourth-order valence-electron chi connectivity index (χ4n) is 2.96. The smallest absolute Gasteiger partial charge is 0.317 e. The standard InChI is InChI=1S/C20H26N4O2/c1-17-7-2-3-8-18(17)26-16-6-11-22-20(25)24-14-12-23(13-15-24)19-9-4-5-10-21-19/h2-5,7-10H,6,11-16H2,1H3,(H,22,25). The van der Waals surface area contributed by atoms with Gasteiger partial charge in [0.15, 0.2) is 0 Å². The summed E-state index contributed by atoms with van der Waals surface area (Å²) in [4.78, 5) is 20.7. The Hall–Kier alpha value is -2.76. The molecule has 0 radical (unpaired) electrons. The maximum atomic E-state index is 12.3. The van der Waals surface area contributed by atoms with E-state index >= 15 is 0 Å². The van der Waals surface area contributed by atoms with Crippen molar-refractivity contribution in [3.63, 3.8) is 0 Å². The highest BCUT2D eigenvalue weighted by Crippen LogP contribution is 2.16. The maximum Gasteiger partial charge on any atom is 0.317 e. The highest BCUT2D eigenvalue weighted by atomic mass is 16.5. The zero-order valence-electron chi connectivity index (χ0n) is 15.2. The lowest BCUT2D eigenvalue weighted by Crippen LogP contribution is -2.52.